The van der Waals surface area contributed by atoms with E-state index in [4.69, 9.17) is 4.74 Å². The largest absolute Gasteiger partial charge is 0.497 e. The number of aromatic nitrogens is 2. The highest BCUT2D eigenvalue weighted by Crippen LogP contribution is 2.25. The first-order chi connectivity index (χ1) is 13.0. The van der Waals surface area contributed by atoms with Crippen molar-refractivity contribution < 1.29 is 14.6 Å². The molecule has 0 saturated heterocycles. The number of non-ortho nitro benzene ring substituents is 2. The lowest BCUT2D eigenvalue weighted by atomic mass is 10.1. The number of ether oxygens (including phenoxy) is 1. The summed E-state index contributed by atoms with van der Waals surface area (Å²) in [4.78, 5) is 29.4. The number of methoxy groups -OCH3 is 1. The Kier molecular flexibility index (Phi) is 4.88. The minimum Gasteiger partial charge on any atom is -0.497 e. The monoisotopic (exact) mass is 367 g/mol. The first-order valence-corrected chi connectivity index (χ1v) is 7.63. The zero-order valence-electron chi connectivity index (χ0n) is 14.1. The van der Waals surface area contributed by atoms with Crippen molar-refractivity contribution in [2.24, 2.45) is 4.99 Å². The van der Waals surface area contributed by atoms with Crippen molar-refractivity contribution in [3.8, 4) is 5.75 Å². The molecule has 0 fully saturated rings. The lowest BCUT2D eigenvalue weighted by molar-refractivity contribution is -0.394. The molecule has 27 heavy (non-hydrogen) atoms. The van der Waals surface area contributed by atoms with Gasteiger partial charge in [-0.05, 0) is 24.3 Å². The van der Waals surface area contributed by atoms with Crippen LogP contribution in [0, 0.1) is 20.2 Å². The molecule has 0 N–H and O–H groups in total. The van der Waals surface area contributed by atoms with Crippen LogP contribution < -0.4 is 4.74 Å². The second-order valence-electron chi connectivity index (χ2n) is 5.36. The highest BCUT2D eigenvalue weighted by atomic mass is 16.6. The van der Waals surface area contributed by atoms with E-state index < -0.39 is 21.2 Å². The topological polar surface area (TPSA) is 126 Å². The number of hydrogen-bond donors (Lipinski definition) is 0. The maximum Gasteiger partial charge on any atom is 0.277 e. The number of rotatable bonds is 5. The van der Waals surface area contributed by atoms with Gasteiger partial charge in [0, 0.05) is 30.1 Å². The Labute approximate surface area is 152 Å². The zero-order valence-corrected chi connectivity index (χ0v) is 14.1. The molecule has 0 radical (unpaired) electrons. The van der Waals surface area contributed by atoms with Crippen molar-refractivity contribution in [2.75, 3.05) is 7.11 Å². The van der Waals surface area contributed by atoms with Gasteiger partial charge < -0.3 is 4.74 Å². The molecule has 3 aromatic rings. The second-order valence-corrected chi connectivity index (χ2v) is 5.36. The van der Waals surface area contributed by atoms with Gasteiger partial charge in [0.25, 0.3) is 11.4 Å². The molecule has 136 valence electrons. The Morgan fingerprint density at radius 3 is 2.19 bits per heavy atom. The standard InChI is InChI=1S/C17H13N5O5/c1-27-16-4-2-13(3-5-16)19-17(20-7-6-18-11-20)12-8-14(21(23)24)10-15(9-12)22(25)26/h2-11H,1H3. The molecular weight excluding hydrogens is 354 g/mol. The van der Waals surface area contributed by atoms with E-state index in [1.54, 1.807) is 30.5 Å². The first kappa shape index (κ1) is 17.7. The molecule has 0 bridgehead atoms. The zero-order chi connectivity index (χ0) is 19.4. The smallest absolute Gasteiger partial charge is 0.277 e. The third-order valence-corrected chi connectivity index (χ3v) is 3.64. The van der Waals surface area contributed by atoms with Crippen LogP contribution in [0.15, 0.2) is 66.2 Å². The molecule has 0 aliphatic heterocycles. The fourth-order valence-electron chi connectivity index (χ4n) is 2.37. The maximum atomic E-state index is 11.2. The number of nitro groups is 2. The summed E-state index contributed by atoms with van der Waals surface area (Å²) in [5.41, 5.74) is -0.0538. The van der Waals surface area contributed by atoms with Crippen molar-refractivity contribution >= 4 is 22.9 Å². The van der Waals surface area contributed by atoms with Crippen LogP contribution in [0.5, 0.6) is 5.75 Å². The third-order valence-electron chi connectivity index (χ3n) is 3.64. The summed E-state index contributed by atoms with van der Waals surface area (Å²) in [5.74, 6) is 0.897. The average molecular weight is 367 g/mol. The molecule has 3 rings (SSSR count). The quantitative estimate of drug-likeness (QED) is 0.295. The van der Waals surface area contributed by atoms with E-state index in [1.807, 2.05) is 0 Å². The van der Waals surface area contributed by atoms with Crippen LogP contribution in [0.2, 0.25) is 0 Å². The number of aliphatic imine (C=N–C) groups is 1. The summed E-state index contributed by atoms with van der Waals surface area (Å²) in [7, 11) is 1.54. The highest BCUT2D eigenvalue weighted by Gasteiger charge is 2.20. The van der Waals surface area contributed by atoms with Gasteiger partial charge >= 0.3 is 0 Å². The van der Waals surface area contributed by atoms with Gasteiger partial charge in [-0.25, -0.2) is 9.98 Å². The number of benzene rings is 2. The van der Waals surface area contributed by atoms with E-state index in [1.165, 1.54) is 36.3 Å². The number of imidazole rings is 1. The number of hydrogen-bond acceptors (Lipinski definition) is 7. The Morgan fingerprint density at radius 1 is 1.07 bits per heavy atom. The van der Waals surface area contributed by atoms with Crippen LogP contribution in [0.1, 0.15) is 5.56 Å². The van der Waals surface area contributed by atoms with E-state index in [-0.39, 0.29) is 11.4 Å². The summed E-state index contributed by atoms with van der Waals surface area (Å²) in [6.07, 6.45) is 4.55. The Hall–Kier alpha value is -4.08. The van der Waals surface area contributed by atoms with Crippen LogP contribution in [0.3, 0.4) is 0 Å². The van der Waals surface area contributed by atoms with Gasteiger partial charge in [0.1, 0.15) is 17.9 Å². The molecule has 0 saturated carbocycles. The lowest BCUT2D eigenvalue weighted by Gasteiger charge is -2.08. The van der Waals surface area contributed by atoms with Gasteiger partial charge in [-0.15, -0.1) is 0 Å². The van der Waals surface area contributed by atoms with E-state index in [2.05, 4.69) is 9.98 Å². The molecule has 2 aromatic carbocycles. The fourth-order valence-corrected chi connectivity index (χ4v) is 2.37. The molecule has 0 spiro atoms. The average Bonchev–Trinajstić information content (AvgIpc) is 3.20. The van der Waals surface area contributed by atoms with Crippen LogP contribution in [-0.4, -0.2) is 32.3 Å². The minimum absolute atomic E-state index is 0.213. The SMILES string of the molecule is COc1ccc(N=C(c2cc([N+](=O)[O-])cc([N+](=O)[O-])c2)n2ccnc2)cc1. The molecule has 0 atom stereocenters. The van der Waals surface area contributed by atoms with Crippen molar-refractivity contribution in [3.05, 3.63) is 87.0 Å². The Morgan fingerprint density at radius 2 is 1.70 bits per heavy atom. The molecule has 10 nitrogen and oxygen atoms in total. The van der Waals surface area contributed by atoms with E-state index >= 15 is 0 Å². The minimum atomic E-state index is -0.685. The summed E-state index contributed by atoms with van der Waals surface area (Å²) in [5, 5.41) is 22.4. The van der Waals surface area contributed by atoms with E-state index in [9.17, 15) is 20.2 Å². The van der Waals surface area contributed by atoms with Crippen LogP contribution >= 0.6 is 0 Å². The maximum absolute atomic E-state index is 11.2. The Bertz CT molecular complexity index is 980. The van der Waals surface area contributed by atoms with Crippen molar-refractivity contribution in [1.29, 1.82) is 0 Å². The van der Waals surface area contributed by atoms with E-state index in [0.29, 0.717) is 11.4 Å². The number of nitro benzene ring substituents is 2. The van der Waals surface area contributed by atoms with Gasteiger partial charge in [0.15, 0.2) is 0 Å². The van der Waals surface area contributed by atoms with Gasteiger partial charge in [-0.2, -0.15) is 0 Å². The lowest BCUT2D eigenvalue weighted by Crippen LogP contribution is -2.12. The molecule has 0 unspecified atom stereocenters. The summed E-state index contributed by atoms with van der Waals surface area (Å²) < 4.78 is 6.62. The van der Waals surface area contributed by atoms with Crippen molar-refractivity contribution in [1.82, 2.24) is 9.55 Å². The molecule has 0 aliphatic rings. The highest BCUT2D eigenvalue weighted by molar-refractivity contribution is 6.02. The van der Waals surface area contributed by atoms with Crippen molar-refractivity contribution in [2.45, 2.75) is 0 Å². The van der Waals surface area contributed by atoms with E-state index in [0.717, 1.165) is 6.07 Å². The van der Waals surface area contributed by atoms with Crippen LogP contribution in [-0.2, 0) is 0 Å². The number of nitrogens with zero attached hydrogens (tertiary/aromatic N) is 5. The van der Waals surface area contributed by atoms with Crippen molar-refractivity contribution in [3.63, 3.8) is 0 Å². The van der Waals surface area contributed by atoms with Crippen LogP contribution in [0.4, 0.5) is 17.1 Å². The molecule has 0 amide bonds. The fraction of sp³-hybridized carbons (Fsp3) is 0.0588. The molecule has 1 aromatic heterocycles. The Balaban J connectivity index is 2.18. The summed E-state index contributed by atoms with van der Waals surface area (Å²) in [6, 6.07) is 10.2. The van der Waals surface area contributed by atoms with Gasteiger partial charge in [0.05, 0.1) is 28.7 Å². The summed E-state index contributed by atoms with van der Waals surface area (Å²) in [6.45, 7) is 0. The normalized spacial score (nSPS) is 11.2. The predicted molar refractivity (Wildman–Crippen MR) is 96.6 cm³/mol. The predicted octanol–water partition coefficient (Wildman–Crippen LogP) is 3.33. The van der Waals surface area contributed by atoms with Gasteiger partial charge in [-0.3, -0.25) is 24.8 Å². The summed E-state index contributed by atoms with van der Waals surface area (Å²) >= 11 is 0. The molecular formula is C17H13N5O5. The van der Waals surface area contributed by atoms with Crippen LogP contribution in [0.25, 0.3) is 0 Å². The molecule has 0 aliphatic carbocycles. The third kappa shape index (κ3) is 3.95. The first-order valence-electron chi connectivity index (χ1n) is 7.63. The second kappa shape index (κ2) is 7.44. The molecule has 1 heterocycles. The van der Waals surface area contributed by atoms with Gasteiger partial charge in [-0.1, -0.05) is 0 Å². The van der Waals surface area contributed by atoms with Gasteiger partial charge in [0.2, 0.25) is 0 Å². The molecule has 10 heteroatoms.